The predicted molar refractivity (Wildman–Crippen MR) is 97.8 cm³/mol. The Morgan fingerprint density at radius 1 is 1.19 bits per heavy atom. The molecule has 1 amide bonds. The van der Waals surface area contributed by atoms with Crippen LogP contribution in [0.1, 0.15) is 18.5 Å². The Morgan fingerprint density at radius 3 is 2.41 bits per heavy atom. The zero-order valence-electron chi connectivity index (χ0n) is 14.7. The molecule has 0 aliphatic carbocycles. The summed E-state index contributed by atoms with van der Waals surface area (Å²) in [7, 11) is 1.30. The van der Waals surface area contributed by atoms with Crippen molar-refractivity contribution in [2.45, 2.75) is 17.9 Å². The van der Waals surface area contributed by atoms with E-state index in [1.165, 1.54) is 43.1 Å². The van der Waals surface area contributed by atoms with Crippen molar-refractivity contribution in [3.63, 3.8) is 0 Å². The van der Waals surface area contributed by atoms with Crippen LogP contribution < -0.4 is 10.1 Å². The molecule has 0 saturated carbocycles. The number of ether oxygens (including phenoxy) is 1. The minimum atomic E-state index is -1.38. The summed E-state index contributed by atoms with van der Waals surface area (Å²) in [4.78, 5) is 24.7. The molecular weight excluding hydrogens is 376 g/mol. The van der Waals surface area contributed by atoms with Crippen molar-refractivity contribution in [2.75, 3.05) is 12.9 Å². The lowest BCUT2D eigenvalue weighted by molar-refractivity contribution is -0.142. The van der Waals surface area contributed by atoms with E-state index in [2.05, 4.69) is 5.32 Å². The molecule has 0 heterocycles. The summed E-state index contributed by atoms with van der Waals surface area (Å²) in [6.07, 6.45) is 0. The van der Waals surface area contributed by atoms with Crippen molar-refractivity contribution in [1.29, 1.82) is 0 Å². The summed E-state index contributed by atoms with van der Waals surface area (Å²) in [5, 5.41) is 11.8. The molecule has 0 fully saturated rings. The smallest absolute Gasteiger partial charge is 0.330 e. The van der Waals surface area contributed by atoms with Crippen LogP contribution in [0.25, 0.3) is 0 Å². The van der Waals surface area contributed by atoms with Crippen molar-refractivity contribution in [3.8, 4) is 5.75 Å². The Balaban J connectivity index is 2.02. The van der Waals surface area contributed by atoms with Crippen LogP contribution >= 0.6 is 11.8 Å². The van der Waals surface area contributed by atoms with Gasteiger partial charge < -0.3 is 15.2 Å². The van der Waals surface area contributed by atoms with Crippen molar-refractivity contribution in [3.05, 3.63) is 59.7 Å². The second kappa shape index (κ2) is 9.36. The topological polar surface area (TPSA) is 75.6 Å². The van der Waals surface area contributed by atoms with E-state index < -0.39 is 29.7 Å². The molecule has 5 nitrogen and oxygen atoms in total. The number of nitrogens with one attached hydrogen (secondary N) is 1. The Hall–Kier alpha value is -2.61. The van der Waals surface area contributed by atoms with Gasteiger partial charge in [-0.3, -0.25) is 4.79 Å². The Morgan fingerprint density at radius 2 is 1.85 bits per heavy atom. The molecule has 8 heteroatoms. The average Bonchev–Trinajstić information content (AvgIpc) is 2.64. The number of methoxy groups -OCH3 is 1. The zero-order valence-corrected chi connectivity index (χ0v) is 15.6. The summed E-state index contributed by atoms with van der Waals surface area (Å²) in [5.74, 6) is -2.99. The SMILES string of the molecule is COc1ccc(C(NC(=O)C(C)CSc2ccc(F)cc2)C(=O)O)cc1F. The van der Waals surface area contributed by atoms with Gasteiger partial charge in [-0.1, -0.05) is 13.0 Å². The number of benzene rings is 2. The number of carboxylic acids is 1. The van der Waals surface area contributed by atoms with Gasteiger partial charge in [-0.25, -0.2) is 13.6 Å². The molecule has 2 rings (SSSR count). The van der Waals surface area contributed by atoms with Gasteiger partial charge in [-0.05, 0) is 42.0 Å². The molecule has 0 aromatic heterocycles. The van der Waals surface area contributed by atoms with E-state index in [1.54, 1.807) is 19.1 Å². The molecule has 0 radical (unpaired) electrons. The number of halogens is 2. The highest BCUT2D eigenvalue weighted by Gasteiger charge is 2.25. The van der Waals surface area contributed by atoms with Crippen molar-refractivity contribution >= 4 is 23.6 Å². The fraction of sp³-hybridized carbons (Fsp3) is 0.263. The molecule has 2 aromatic carbocycles. The highest BCUT2D eigenvalue weighted by molar-refractivity contribution is 7.99. The van der Waals surface area contributed by atoms with Crippen LogP contribution in [-0.2, 0) is 9.59 Å². The van der Waals surface area contributed by atoms with Gasteiger partial charge in [0, 0.05) is 16.6 Å². The minimum Gasteiger partial charge on any atom is -0.494 e. The van der Waals surface area contributed by atoms with Crippen molar-refractivity contribution in [2.24, 2.45) is 5.92 Å². The summed E-state index contributed by atoms with van der Waals surface area (Å²) in [5.41, 5.74) is 0.104. The second-order valence-corrected chi connectivity index (χ2v) is 6.93. The predicted octanol–water partition coefficient (Wildman–Crippen LogP) is 3.64. The second-order valence-electron chi connectivity index (χ2n) is 5.84. The third kappa shape index (κ3) is 5.68. The number of amides is 1. The first-order valence-electron chi connectivity index (χ1n) is 8.06. The van der Waals surface area contributed by atoms with E-state index in [-0.39, 0.29) is 17.1 Å². The molecule has 0 saturated heterocycles. The fourth-order valence-electron chi connectivity index (χ4n) is 2.26. The molecular formula is C19H19F2NO4S. The van der Waals surface area contributed by atoms with Crippen LogP contribution in [0.2, 0.25) is 0 Å². The zero-order chi connectivity index (χ0) is 20.0. The van der Waals surface area contributed by atoms with Gasteiger partial charge in [0.2, 0.25) is 5.91 Å². The molecule has 2 unspecified atom stereocenters. The lowest BCUT2D eigenvalue weighted by atomic mass is 10.1. The van der Waals surface area contributed by atoms with E-state index >= 15 is 0 Å². The number of carboxylic acid groups (broad SMARTS) is 1. The summed E-state index contributed by atoms with van der Waals surface area (Å²) < 4.78 is 31.6. The molecule has 0 aliphatic rings. The normalized spacial score (nSPS) is 12.9. The molecule has 0 aliphatic heterocycles. The lowest BCUT2D eigenvalue weighted by Gasteiger charge is -2.18. The van der Waals surface area contributed by atoms with Gasteiger partial charge in [0.25, 0.3) is 0 Å². The Labute approximate surface area is 159 Å². The first-order chi connectivity index (χ1) is 12.8. The number of thioether (sulfide) groups is 1. The largest absolute Gasteiger partial charge is 0.494 e. The molecule has 2 atom stereocenters. The molecule has 0 bridgehead atoms. The standard InChI is InChI=1S/C19H19F2NO4S/c1-11(10-27-14-6-4-13(20)5-7-14)18(23)22-17(19(24)25)12-3-8-16(26-2)15(21)9-12/h3-9,11,17H,10H2,1-2H3,(H,22,23)(H,24,25). The Bertz CT molecular complexity index is 814. The van der Waals surface area contributed by atoms with Crippen molar-refractivity contribution in [1.82, 2.24) is 5.32 Å². The van der Waals surface area contributed by atoms with Gasteiger partial charge >= 0.3 is 5.97 Å². The van der Waals surface area contributed by atoms with Crippen molar-refractivity contribution < 1.29 is 28.2 Å². The fourth-order valence-corrected chi connectivity index (χ4v) is 3.18. The number of carbonyl (C=O) groups excluding carboxylic acids is 1. The molecule has 144 valence electrons. The van der Waals surface area contributed by atoms with E-state index in [4.69, 9.17) is 4.74 Å². The van der Waals surface area contributed by atoms with Gasteiger partial charge in [0.15, 0.2) is 17.6 Å². The van der Waals surface area contributed by atoms with Crippen LogP contribution in [0, 0.1) is 17.6 Å². The molecule has 2 N–H and O–H groups in total. The summed E-state index contributed by atoms with van der Waals surface area (Å²) in [6, 6.07) is 8.19. The van der Waals surface area contributed by atoms with E-state index in [9.17, 15) is 23.5 Å². The van der Waals surface area contributed by atoms with Gasteiger partial charge in [0.05, 0.1) is 7.11 Å². The van der Waals surface area contributed by atoms with E-state index in [0.29, 0.717) is 5.75 Å². The van der Waals surface area contributed by atoms with Crippen LogP contribution in [0.4, 0.5) is 8.78 Å². The minimum absolute atomic E-state index is 0.0155. The maximum absolute atomic E-state index is 13.8. The molecule has 0 spiro atoms. The quantitative estimate of drug-likeness (QED) is 0.668. The highest BCUT2D eigenvalue weighted by atomic mass is 32.2. The molecule has 27 heavy (non-hydrogen) atoms. The van der Waals surface area contributed by atoms with Crippen LogP contribution in [0.3, 0.4) is 0 Å². The maximum atomic E-state index is 13.8. The number of rotatable bonds is 8. The van der Waals surface area contributed by atoms with Crippen LogP contribution in [0.5, 0.6) is 5.75 Å². The average molecular weight is 395 g/mol. The van der Waals surface area contributed by atoms with Crippen LogP contribution in [0.15, 0.2) is 47.4 Å². The van der Waals surface area contributed by atoms with E-state index in [0.717, 1.165) is 11.0 Å². The number of carbonyl (C=O) groups is 2. The van der Waals surface area contributed by atoms with E-state index in [1.807, 2.05) is 0 Å². The van der Waals surface area contributed by atoms with Crippen LogP contribution in [-0.4, -0.2) is 29.8 Å². The monoisotopic (exact) mass is 395 g/mol. The number of aliphatic carboxylic acids is 1. The first kappa shape index (κ1) is 20.7. The first-order valence-corrected chi connectivity index (χ1v) is 9.05. The highest BCUT2D eigenvalue weighted by Crippen LogP contribution is 2.24. The summed E-state index contributed by atoms with van der Waals surface area (Å²) >= 11 is 1.35. The maximum Gasteiger partial charge on any atom is 0.330 e. The number of hydrogen-bond donors (Lipinski definition) is 2. The van der Waals surface area contributed by atoms with Gasteiger partial charge in [-0.2, -0.15) is 0 Å². The summed E-state index contributed by atoms with van der Waals surface area (Å²) in [6.45, 7) is 1.65. The third-order valence-corrected chi connectivity index (χ3v) is 5.08. The Kier molecular flexibility index (Phi) is 7.18. The third-order valence-electron chi connectivity index (χ3n) is 3.80. The lowest BCUT2D eigenvalue weighted by Crippen LogP contribution is -2.37. The number of hydrogen-bond acceptors (Lipinski definition) is 4. The van der Waals surface area contributed by atoms with Gasteiger partial charge in [0.1, 0.15) is 5.82 Å². The van der Waals surface area contributed by atoms with Gasteiger partial charge in [-0.15, -0.1) is 11.8 Å². The molecule has 2 aromatic rings.